The molecule has 0 unspecified atom stereocenters. The molecular formula is C9H18FNO. The molecule has 0 aromatic carbocycles. The van der Waals surface area contributed by atoms with Crippen molar-refractivity contribution in [3.63, 3.8) is 0 Å². The maximum atomic E-state index is 12.5. The van der Waals surface area contributed by atoms with E-state index in [1.165, 1.54) is 0 Å². The van der Waals surface area contributed by atoms with E-state index in [9.17, 15) is 9.18 Å². The Morgan fingerprint density at radius 2 is 1.75 bits per heavy atom. The average Bonchev–Trinajstić information content (AvgIpc) is 1.85. The van der Waals surface area contributed by atoms with Crippen molar-refractivity contribution in [2.24, 2.45) is 16.6 Å². The van der Waals surface area contributed by atoms with Crippen LogP contribution in [0.3, 0.4) is 0 Å². The van der Waals surface area contributed by atoms with Crippen molar-refractivity contribution in [1.29, 1.82) is 0 Å². The Labute approximate surface area is 73.3 Å². The van der Waals surface area contributed by atoms with E-state index in [1.807, 2.05) is 13.8 Å². The zero-order valence-corrected chi connectivity index (χ0v) is 8.28. The molecule has 0 aromatic heterocycles. The second-order valence-electron chi connectivity index (χ2n) is 4.70. The molecule has 0 bridgehead atoms. The second kappa shape index (κ2) is 3.52. The van der Waals surface area contributed by atoms with Gasteiger partial charge in [-0.1, -0.05) is 27.7 Å². The van der Waals surface area contributed by atoms with Gasteiger partial charge in [0.1, 0.15) is 0 Å². The van der Waals surface area contributed by atoms with E-state index < -0.39 is 11.5 Å². The molecule has 0 spiro atoms. The van der Waals surface area contributed by atoms with Crippen molar-refractivity contribution in [2.75, 3.05) is 6.54 Å². The first-order valence-electron chi connectivity index (χ1n) is 4.11. The molecule has 0 rings (SSSR count). The minimum atomic E-state index is -1.26. The number of hydrogen-bond acceptors (Lipinski definition) is 2. The second-order valence-corrected chi connectivity index (χ2v) is 4.70. The molecule has 3 heteroatoms. The van der Waals surface area contributed by atoms with Crippen LogP contribution in [0, 0.1) is 10.8 Å². The summed E-state index contributed by atoms with van der Waals surface area (Å²) in [5.41, 5.74) is 4.40. The van der Waals surface area contributed by atoms with Crippen molar-refractivity contribution in [2.45, 2.75) is 34.1 Å². The number of hydrogen-bond donors (Lipinski definition) is 1. The Kier molecular flexibility index (Phi) is 3.39. The fraction of sp³-hybridized carbons (Fsp3) is 0.889. The monoisotopic (exact) mass is 175 g/mol. The summed E-state index contributed by atoms with van der Waals surface area (Å²) in [4.78, 5) is 10.6. The van der Waals surface area contributed by atoms with Crippen molar-refractivity contribution in [1.82, 2.24) is 0 Å². The van der Waals surface area contributed by atoms with E-state index in [0.29, 0.717) is 13.0 Å². The summed E-state index contributed by atoms with van der Waals surface area (Å²) in [6.07, 6.45) is 0.478. The predicted molar refractivity (Wildman–Crippen MR) is 47.3 cm³/mol. The lowest BCUT2D eigenvalue weighted by Gasteiger charge is -2.30. The first kappa shape index (κ1) is 11.6. The Hall–Kier alpha value is -0.440. The maximum absolute atomic E-state index is 12.5. The molecule has 0 aromatic rings. The van der Waals surface area contributed by atoms with E-state index in [2.05, 4.69) is 0 Å². The van der Waals surface area contributed by atoms with Crippen LogP contribution in [0.5, 0.6) is 0 Å². The summed E-state index contributed by atoms with van der Waals surface area (Å²) in [7, 11) is 0. The molecule has 0 aliphatic carbocycles. The van der Waals surface area contributed by atoms with Gasteiger partial charge in [0, 0.05) is 0 Å². The largest absolute Gasteiger partial charge is 0.330 e. The number of rotatable bonds is 4. The normalized spacial score (nSPS) is 13.2. The summed E-state index contributed by atoms with van der Waals surface area (Å²) in [5.74, 6) is 0. The number of nitrogens with two attached hydrogens (primary N) is 1. The highest BCUT2D eigenvalue weighted by atomic mass is 19.1. The van der Waals surface area contributed by atoms with Gasteiger partial charge in [0.25, 0.3) is 0 Å². The quantitative estimate of drug-likeness (QED) is 0.663. The van der Waals surface area contributed by atoms with Crippen LogP contribution in [0.4, 0.5) is 4.39 Å². The third-order valence-electron chi connectivity index (χ3n) is 2.01. The highest BCUT2D eigenvalue weighted by Crippen LogP contribution is 2.33. The highest BCUT2D eigenvalue weighted by Gasteiger charge is 2.34. The van der Waals surface area contributed by atoms with E-state index in [0.717, 1.165) is 0 Å². The van der Waals surface area contributed by atoms with Crippen LogP contribution in [-0.2, 0) is 4.79 Å². The molecule has 0 heterocycles. The Balaban J connectivity index is 4.34. The Morgan fingerprint density at radius 3 is 2.00 bits per heavy atom. The molecular weight excluding hydrogens is 157 g/mol. The topological polar surface area (TPSA) is 43.1 Å². The van der Waals surface area contributed by atoms with E-state index in [-0.39, 0.29) is 5.41 Å². The molecule has 72 valence electrons. The predicted octanol–water partition coefficient (Wildman–Crippen LogP) is 1.88. The summed E-state index contributed by atoms with van der Waals surface area (Å²) >= 11 is 0. The van der Waals surface area contributed by atoms with E-state index in [4.69, 9.17) is 5.73 Å². The average molecular weight is 175 g/mol. The van der Waals surface area contributed by atoms with Crippen LogP contribution in [0.25, 0.3) is 0 Å². The van der Waals surface area contributed by atoms with Crippen LogP contribution >= 0.6 is 0 Å². The lowest BCUT2D eigenvalue weighted by Crippen LogP contribution is -2.33. The van der Waals surface area contributed by atoms with Gasteiger partial charge in [-0.3, -0.25) is 4.79 Å². The minimum absolute atomic E-state index is 0.175. The summed E-state index contributed by atoms with van der Waals surface area (Å²) in [5, 5.41) is 0. The number of carbonyl (C=O) groups is 1. The number of carbonyl (C=O) groups excluding carboxylic acids is 1. The van der Waals surface area contributed by atoms with Gasteiger partial charge >= 0.3 is 6.04 Å². The SMILES string of the molecule is CC(C)(CN)CC(C)(C)C(=O)F. The van der Waals surface area contributed by atoms with Crippen molar-refractivity contribution in [3.05, 3.63) is 0 Å². The third kappa shape index (κ3) is 3.30. The zero-order chi connectivity index (χ0) is 9.99. The van der Waals surface area contributed by atoms with Gasteiger partial charge in [0.2, 0.25) is 0 Å². The van der Waals surface area contributed by atoms with Gasteiger partial charge in [0.15, 0.2) is 0 Å². The fourth-order valence-electron chi connectivity index (χ4n) is 1.34. The van der Waals surface area contributed by atoms with Crippen LogP contribution in [0.1, 0.15) is 34.1 Å². The van der Waals surface area contributed by atoms with E-state index >= 15 is 0 Å². The minimum Gasteiger partial charge on any atom is -0.330 e. The summed E-state index contributed by atoms with van der Waals surface area (Å²) in [6, 6.07) is -1.26. The van der Waals surface area contributed by atoms with Crippen LogP contribution in [0.15, 0.2) is 0 Å². The molecule has 0 aliphatic heterocycles. The lowest BCUT2D eigenvalue weighted by atomic mass is 9.75. The number of halogens is 1. The third-order valence-corrected chi connectivity index (χ3v) is 2.01. The van der Waals surface area contributed by atoms with Gasteiger partial charge in [-0.2, -0.15) is 4.39 Å². The fourth-order valence-corrected chi connectivity index (χ4v) is 1.34. The molecule has 0 radical (unpaired) electrons. The van der Waals surface area contributed by atoms with Gasteiger partial charge in [-0.25, -0.2) is 0 Å². The highest BCUT2D eigenvalue weighted by molar-refractivity contribution is 5.74. The summed E-state index contributed by atoms with van der Waals surface area (Å²) < 4.78 is 12.5. The molecule has 2 N–H and O–H groups in total. The molecule has 0 amide bonds. The molecule has 0 fully saturated rings. The summed E-state index contributed by atoms with van der Waals surface area (Å²) in [6.45, 7) is 7.53. The molecule has 0 saturated carbocycles. The first-order chi connectivity index (χ1) is 5.21. The Bertz CT molecular complexity index is 175. The molecule has 2 nitrogen and oxygen atoms in total. The smallest absolute Gasteiger partial charge is 0.307 e. The molecule has 0 saturated heterocycles. The first-order valence-corrected chi connectivity index (χ1v) is 4.11. The van der Waals surface area contributed by atoms with Crippen molar-refractivity contribution >= 4 is 6.04 Å². The van der Waals surface area contributed by atoms with Gasteiger partial charge in [-0.05, 0) is 18.4 Å². The van der Waals surface area contributed by atoms with E-state index in [1.54, 1.807) is 13.8 Å². The lowest BCUT2D eigenvalue weighted by molar-refractivity contribution is -0.140. The zero-order valence-electron chi connectivity index (χ0n) is 8.28. The molecule has 0 atom stereocenters. The van der Waals surface area contributed by atoms with Crippen molar-refractivity contribution in [3.8, 4) is 0 Å². The standard InChI is InChI=1S/C9H18FNO/c1-8(2,6-11)5-9(3,4)7(10)12/h5-6,11H2,1-4H3. The van der Waals surface area contributed by atoms with Crippen LogP contribution in [-0.4, -0.2) is 12.6 Å². The van der Waals surface area contributed by atoms with Gasteiger partial charge in [0.05, 0.1) is 5.41 Å². The Morgan fingerprint density at radius 1 is 1.33 bits per heavy atom. The van der Waals surface area contributed by atoms with Gasteiger partial charge in [-0.15, -0.1) is 0 Å². The maximum Gasteiger partial charge on any atom is 0.307 e. The van der Waals surface area contributed by atoms with Crippen molar-refractivity contribution < 1.29 is 9.18 Å². The van der Waals surface area contributed by atoms with Crippen LogP contribution in [0.2, 0.25) is 0 Å². The molecule has 0 aliphatic rings. The van der Waals surface area contributed by atoms with Crippen LogP contribution < -0.4 is 5.73 Å². The van der Waals surface area contributed by atoms with Gasteiger partial charge < -0.3 is 5.73 Å². The molecule has 12 heavy (non-hydrogen) atoms.